The van der Waals surface area contributed by atoms with Gasteiger partial charge < -0.3 is 18.6 Å². The molecule has 2 rings (SSSR count). The van der Waals surface area contributed by atoms with Gasteiger partial charge in [-0.25, -0.2) is 4.79 Å². The van der Waals surface area contributed by atoms with Gasteiger partial charge in [0.1, 0.15) is 17.9 Å². The predicted octanol–water partition coefficient (Wildman–Crippen LogP) is 4.88. The third-order valence-corrected chi connectivity index (χ3v) is 3.98. The van der Waals surface area contributed by atoms with Crippen molar-refractivity contribution in [2.24, 2.45) is 0 Å². The van der Waals surface area contributed by atoms with E-state index < -0.39 is 5.63 Å². The van der Waals surface area contributed by atoms with Crippen molar-refractivity contribution in [1.29, 1.82) is 0 Å². The lowest BCUT2D eigenvalue weighted by Crippen LogP contribution is -2.08. The van der Waals surface area contributed by atoms with E-state index in [9.17, 15) is 4.79 Å². The van der Waals surface area contributed by atoms with Gasteiger partial charge in [-0.05, 0) is 51.8 Å². The Balaban J connectivity index is 2.24. The SMILES string of the molecule is COc1ccc2c(OC/C=C(\C)CCC=C(C)C)c(OC)c(=O)oc2c1. The van der Waals surface area contributed by atoms with Gasteiger partial charge >= 0.3 is 5.63 Å². The van der Waals surface area contributed by atoms with Gasteiger partial charge in [0, 0.05) is 6.07 Å². The van der Waals surface area contributed by atoms with Gasteiger partial charge in [-0.15, -0.1) is 0 Å². The minimum atomic E-state index is -0.576. The van der Waals surface area contributed by atoms with Crippen molar-refractivity contribution >= 4 is 11.0 Å². The number of methoxy groups -OCH3 is 2. The molecule has 0 amide bonds. The molecule has 2 aromatic rings. The zero-order valence-corrected chi connectivity index (χ0v) is 16.0. The van der Waals surface area contributed by atoms with Crippen LogP contribution in [0.5, 0.6) is 17.2 Å². The van der Waals surface area contributed by atoms with E-state index in [0.29, 0.717) is 29.1 Å². The number of ether oxygens (including phenoxy) is 3. The summed E-state index contributed by atoms with van der Waals surface area (Å²) in [5, 5.41) is 0.665. The first-order valence-electron chi connectivity index (χ1n) is 8.57. The number of allylic oxidation sites excluding steroid dienone is 3. The van der Waals surface area contributed by atoms with Crippen molar-refractivity contribution < 1.29 is 18.6 Å². The third kappa shape index (κ3) is 4.91. The molecule has 0 saturated carbocycles. The lowest BCUT2D eigenvalue weighted by atomic mass is 10.1. The fraction of sp³-hybridized carbons (Fsp3) is 0.381. The van der Waals surface area contributed by atoms with E-state index >= 15 is 0 Å². The summed E-state index contributed by atoms with van der Waals surface area (Å²) in [7, 11) is 2.98. The summed E-state index contributed by atoms with van der Waals surface area (Å²) < 4.78 is 21.6. The van der Waals surface area contributed by atoms with Crippen molar-refractivity contribution in [1.82, 2.24) is 0 Å². The molecule has 5 heteroatoms. The van der Waals surface area contributed by atoms with E-state index in [4.69, 9.17) is 18.6 Å². The molecular weight excluding hydrogens is 332 g/mol. The highest BCUT2D eigenvalue weighted by atomic mass is 16.5. The summed E-state index contributed by atoms with van der Waals surface area (Å²) in [6, 6.07) is 5.24. The van der Waals surface area contributed by atoms with Crippen molar-refractivity contribution in [2.75, 3.05) is 20.8 Å². The van der Waals surface area contributed by atoms with Crippen LogP contribution in [0.25, 0.3) is 11.0 Å². The van der Waals surface area contributed by atoms with E-state index in [1.165, 1.54) is 18.3 Å². The van der Waals surface area contributed by atoms with Crippen LogP contribution in [0.4, 0.5) is 0 Å². The van der Waals surface area contributed by atoms with Crippen molar-refractivity contribution in [3.05, 3.63) is 51.9 Å². The molecule has 0 spiro atoms. The molecule has 0 radical (unpaired) electrons. The molecule has 140 valence electrons. The standard InChI is InChI=1S/C21H26O5/c1-14(2)7-6-8-15(3)11-12-25-19-17-10-9-16(23-4)13-18(17)26-21(22)20(19)24-5/h7,9-11,13H,6,8,12H2,1-5H3/b15-11+. The minimum Gasteiger partial charge on any atom is -0.497 e. The Hall–Kier alpha value is -2.69. The normalized spacial score (nSPS) is 11.3. The fourth-order valence-corrected chi connectivity index (χ4v) is 2.54. The number of hydrogen-bond acceptors (Lipinski definition) is 5. The quantitative estimate of drug-likeness (QED) is 0.497. The molecular formula is C21H26O5. The first-order chi connectivity index (χ1) is 12.5. The van der Waals surface area contributed by atoms with Gasteiger partial charge in [-0.2, -0.15) is 0 Å². The molecule has 0 N–H and O–H groups in total. The van der Waals surface area contributed by atoms with Crippen molar-refractivity contribution in [2.45, 2.75) is 33.6 Å². The van der Waals surface area contributed by atoms with Crippen LogP contribution in [0.3, 0.4) is 0 Å². The summed E-state index contributed by atoms with van der Waals surface area (Å²) in [5.74, 6) is 1.06. The van der Waals surface area contributed by atoms with Gasteiger partial charge in [-0.3, -0.25) is 0 Å². The van der Waals surface area contributed by atoms with Crippen LogP contribution in [0.15, 0.2) is 50.7 Å². The summed E-state index contributed by atoms with van der Waals surface area (Å²) in [6.45, 7) is 6.61. The highest BCUT2D eigenvalue weighted by molar-refractivity contribution is 5.86. The van der Waals surface area contributed by atoms with Crippen molar-refractivity contribution in [3.63, 3.8) is 0 Å². The third-order valence-electron chi connectivity index (χ3n) is 3.98. The summed E-state index contributed by atoms with van der Waals surface area (Å²) in [6.07, 6.45) is 6.21. The second kappa shape index (κ2) is 9.13. The Kier molecular flexibility index (Phi) is 6.89. The van der Waals surface area contributed by atoms with E-state index in [-0.39, 0.29) is 5.75 Å². The van der Waals surface area contributed by atoms with Gasteiger partial charge in [0.05, 0.1) is 19.6 Å². The second-order valence-corrected chi connectivity index (χ2v) is 6.30. The monoisotopic (exact) mass is 358 g/mol. The van der Waals surface area contributed by atoms with E-state index in [0.717, 1.165) is 12.8 Å². The molecule has 0 aliphatic carbocycles. The lowest BCUT2D eigenvalue weighted by Gasteiger charge is -2.12. The molecule has 0 atom stereocenters. The summed E-state index contributed by atoms with van der Waals surface area (Å²) in [5.41, 5.74) is 2.37. The molecule has 0 aliphatic heterocycles. The molecule has 1 aromatic carbocycles. The first-order valence-corrected chi connectivity index (χ1v) is 8.57. The maximum absolute atomic E-state index is 12.2. The number of rotatable bonds is 8. The van der Waals surface area contributed by atoms with Gasteiger partial charge in [0.25, 0.3) is 0 Å². The maximum atomic E-state index is 12.2. The number of benzene rings is 1. The average Bonchev–Trinajstić information content (AvgIpc) is 2.60. The van der Waals surface area contributed by atoms with Crippen LogP contribution in [-0.4, -0.2) is 20.8 Å². The van der Waals surface area contributed by atoms with Crippen LogP contribution in [-0.2, 0) is 0 Å². The molecule has 0 unspecified atom stereocenters. The maximum Gasteiger partial charge on any atom is 0.383 e. The minimum absolute atomic E-state index is 0.0678. The Morgan fingerprint density at radius 2 is 1.85 bits per heavy atom. The first kappa shape index (κ1) is 19.6. The topological polar surface area (TPSA) is 57.9 Å². The smallest absolute Gasteiger partial charge is 0.383 e. The summed E-state index contributed by atoms with van der Waals surface area (Å²) >= 11 is 0. The van der Waals surface area contributed by atoms with Crippen molar-refractivity contribution in [3.8, 4) is 17.2 Å². The molecule has 26 heavy (non-hydrogen) atoms. The van der Waals surface area contributed by atoms with Crippen LogP contribution in [0.2, 0.25) is 0 Å². The molecule has 0 saturated heterocycles. The van der Waals surface area contributed by atoms with Gasteiger partial charge in [0.15, 0.2) is 5.75 Å². The predicted molar refractivity (Wildman–Crippen MR) is 104 cm³/mol. The van der Waals surface area contributed by atoms with Crippen LogP contribution < -0.4 is 19.8 Å². The zero-order valence-electron chi connectivity index (χ0n) is 16.0. The Bertz CT molecular complexity index is 870. The molecule has 0 fully saturated rings. The molecule has 1 aromatic heterocycles. The molecule has 5 nitrogen and oxygen atoms in total. The van der Waals surface area contributed by atoms with E-state index in [1.54, 1.807) is 25.3 Å². The molecule has 1 heterocycles. The van der Waals surface area contributed by atoms with E-state index in [1.807, 2.05) is 6.08 Å². The zero-order chi connectivity index (χ0) is 19.1. The second-order valence-electron chi connectivity index (χ2n) is 6.30. The Morgan fingerprint density at radius 3 is 2.50 bits per heavy atom. The van der Waals surface area contributed by atoms with Crippen LogP contribution >= 0.6 is 0 Å². The number of hydrogen-bond donors (Lipinski definition) is 0. The number of fused-ring (bicyclic) bond motifs is 1. The Morgan fingerprint density at radius 1 is 1.08 bits per heavy atom. The van der Waals surface area contributed by atoms with Crippen LogP contribution in [0, 0.1) is 0 Å². The van der Waals surface area contributed by atoms with Gasteiger partial charge in [-0.1, -0.05) is 17.2 Å². The molecule has 0 bridgehead atoms. The highest BCUT2D eigenvalue weighted by Gasteiger charge is 2.17. The molecule has 0 aliphatic rings. The average molecular weight is 358 g/mol. The largest absolute Gasteiger partial charge is 0.497 e. The highest BCUT2D eigenvalue weighted by Crippen LogP contribution is 2.34. The lowest BCUT2D eigenvalue weighted by molar-refractivity contribution is 0.315. The summed E-state index contributed by atoms with van der Waals surface area (Å²) in [4.78, 5) is 12.2. The van der Waals surface area contributed by atoms with Gasteiger partial charge in [0.2, 0.25) is 5.75 Å². The fourth-order valence-electron chi connectivity index (χ4n) is 2.54. The van der Waals surface area contributed by atoms with Crippen LogP contribution in [0.1, 0.15) is 33.6 Å². The van der Waals surface area contributed by atoms with E-state index in [2.05, 4.69) is 26.8 Å². The Labute approximate surface area is 153 Å².